The first kappa shape index (κ1) is 25.8. The molecule has 3 aromatic heterocycles. The molecule has 198 valence electrons. The van der Waals surface area contributed by atoms with E-state index in [0.29, 0.717) is 34.0 Å². The molecule has 0 spiro atoms. The van der Waals surface area contributed by atoms with Crippen LogP contribution in [-0.4, -0.2) is 35.6 Å². The van der Waals surface area contributed by atoms with Crippen LogP contribution in [0.4, 0.5) is 19.6 Å². The third-order valence-corrected chi connectivity index (χ3v) is 8.60. The van der Waals surface area contributed by atoms with E-state index in [-0.39, 0.29) is 28.4 Å². The van der Waals surface area contributed by atoms with Crippen LogP contribution >= 0.6 is 11.3 Å². The van der Waals surface area contributed by atoms with Gasteiger partial charge in [-0.05, 0) is 55.5 Å². The first-order chi connectivity index (χ1) is 18.2. The lowest BCUT2D eigenvalue weighted by molar-refractivity contribution is 0.369. The summed E-state index contributed by atoms with van der Waals surface area (Å²) in [5.41, 5.74) is 2.08. The number of aryl methyl sites for hydroxylation is 1. The predicted octanol–water partition coefficient (Wildman–Crippen LogP) is 5.19. The first-order valence-electron chi connectivity index (χ1n) is 11.6. The van der Waals surface area contributed by atoms with Crippen molar-refractivity contribution in [3.63, 3.8) is 0 Å². The van der Waals surface area contributed by atoms with Gasteiger partial charge in [0.15, 0.2) is 33.3 Å². The molecule has 0 atom stereocenters. The number of aromatic hydroxyl groups is 1. The lowest BCUT2D eigenvalue weighted by atomic mass is 10.1. The molecule has 1 saturated carbocycles. The highest BCUT2D eigenvalue weighted by molar-refractivity contribution is 7.92. The summed E-state index contributed by atoms with van der Waals surface area (Å²) >= 11 is 1.18. The smallest absolute Gasteiger partial charge is 0.281 e. The van der Waals surface area contributed by atoms with Crippen molar-refractivity contribution in [3.05, 3.63) is 70.5 Å². The summed E-state index contributed by atoms with van der Waals surface area (Å²) in [6.45, 7) is 1.77. The Morgan fingerprint density at radius 2 is 1.95 bits per heavy atom. The minimum absolute atomic E-state index is 0.0904. The number of sulfonamides is 1. The van der Waals surface area contributed by atoms with Crippen molar-refractivity contribution >= 4 is 32.2 Å². The zero-order valence-corrected chi connectivity index (χ0v) is 22.0. The van der Waals surface area contributed by atoms with Gasteiger partial charge in [-0.25, -0.2) is 18.7 Å². The lowest BCUT2D eigenvalue weighted by Gasteiger charge is -2.12. The molecule has 3 N–H and O–H groups in total. The minimum Gasteiger partial charge on any atom is -0.503 e. The molecule has 1 aliphatic carbocycles. The largest absolute Gasteiger partial charge is 0.503 e. The van der Waals surface area contributed by atoms with Gasteiger partial charge in [-0.2, -0.15) is 8.42 Å². The van der Waals surface area contributed by atoms with Crippen molar-refractivity contribution in [3.8, 4) is 22.8 Å². The third kappa shape index (κ3) is 5.24. The van der Waals surface area contributed by atoms with Crippen LogP contribution in [0.5, 0.6) is 11.5 Å². The molecule has 0 amide bonds. The zero-order valence-electron chi connectivity index (χ0n) is 20.3. The van der Waals surface area contributed by atoms with Crippen LogP contribution < -0.4 is 14.8 Å². The van der Waals surface area contributed by atoms with Gasteiger partial charge in [-0.1, -0.05) is 0 Å². The van der Waals surface area contributed by atoms with Crippen molar-refractivity contribution in [1.29, 1.82) is 0 Å². The maximum Gasteiger partial charge on any atom is 0.281 e. The molecule has 13 heteroatoms. The van der Waals surface area contributed by atoms with Gasteiger partial charge in [0.05, 0.1) is 31.2 Å². The number of aromatic nitrogens is 3. The maximum absolute atomic E-state index is 13.8. The molecule has 4 aromatic rings. The average molecular weight is 560 g/mol. The Morgan fingerprint density at radius 3 is 2.63 bits per heavy atom. The second-order valence-electron chi connectivity index (χ2n) is 8.75. The van der Waals surface area contributed by atoms with E-state index in [1.54, 1.807) is 13.0 Å². The van der Waals surface area contributed by atoms with E-state index in [2.05, 4.69) is 25.0 Å². The number of rotatable bonds is 9. The van der Waals surface area contributed by atoms with Gasteiger partial charge in [0.25, 0.3) is 10.0 Å². The van der Waals surface area contributed by atoms with Gasteiger partial charge in [-0.15, -0.1) is 11.3 Å². The minimum atomic E-state index is -4.09. The van der Waals surface area contributed by atoms with Crippen LogP contribution in [0.25, 0.3) is 11.3 Å². The summed E-state index contributed by atoms with van der Waals surface area (Å²) in [6, 6.07) is 6.67. The Morgan fingerprint density at radius 1 is 1.16 bits per heavy atom. The molecule has 1 aromatic carbocycles. The number of halogens is 2. The second kappa shape index (κ2) is 10.1. The van der Waals surface area contributed by atoms with Gasteiger partial charge in [0.2, 0.25) is 0 Å². The maximum atomic E-state index is 13.8. The predicted molar refractivity (Wildman–Crippen MR) is 139 cm³/mol. The molecular weight excluding hydrogens is 536 g/mol. The van der Waals surface area contributed by atoms with Crippen molar-refractivity contribution in [2.24, 2.45) is 0 Å². The van der Waals surface area contributed by atoms with Gasteiger partial charge in [0.1, 0.15) is 5.69 Å². The molecule has 1 aliphatic rings. The summed E-state index contributed by atoms with van der Waals surface area (Å²) in [4.78, 5) is 13.5. The average Bonchev–Trinajstić information content (AvgIpc) is 3.65. The van der Waals surface area contributed by atoms with Crippen LogP contribution in [0.15, 0.2) is 47.8 Å². The standard InChI is InChI=1S/C25H23F2N5O4S2/c1-13-9-16(29-12-19-22(33)20(36-2)7-8-28-19)11-30-24(13)38(34,35)32-25-31-21(23(37-25)14-3-4-14)15-5-6-17(26)18(27)10-15/h5-11,14,29,33H,3-4,12H2,1-2H3,(H,31,32). The number of hydrogen-bond donors (Lipinski definition) is 3. The van der Waals surface area contributed by atoms with Crippen LogP contribution in [0.1, 0.15) is 34.9 Å². The fourth-order valence-corrected chi connectivity index (χ4v) is 6.46. The molecule has 9 nitrogen and oxygen atoms in total. The Bertz CT molecular complexity index is 1620. The molecular formula is C25H23F2N5O4S2. The van der Waals surface area contributed by atoms with Gasteiger partial charge >= 0.3 is 0 Å². The number of nitrogens with zero attached hydrogens (tertiary/aromatic N) is 3. The Labute approximate surface area is 221 Å². The molecule has 0 unspecified atom stereocenters. The number of thiazole rings is 1. The van der Waals surface area contributed by atoms with E-state index in [0.717, 1.165) is 29.9 Å². The number of anilines is 2. The summed E-state index contributed by atoms with van der Waals surface area (Å²) in [7, 11) is -2.65. The van der Waals surface area contributed by atoms with Crippen LogP contribution in [0.2, 0.25) is 0 Å². The van der Waals surface area contributed by atoms with Crippen molar-refractivity contribution in [2.45, 2.75) is 37.3 Å². The van der Waals surface area contributed by atoms with Crippen LogP contribution in [0, 0.1) is 18.6 Å². The molecule has 1 fully saturated rings. The van der Waals surface area contributed by atoms with E-state index < -0.39 is 21.7 Å². The molecule has 0 bridgehead atoms. The third-order valence-electron chi connectivity index (χ3n) is 5.94. The van der Waals surface area contributed by atoms with E-state index in [1.807, 2.05) is 0 Å². The molecule has 0 aliphatic heterocycles. The molecule has 38 heavy (non-hydrogen) atoms. The SMILES string of the molecule is COc1ccnc(CNc2cnc(S(=O)(=O)Nc3nc(-c4ccc(F)c(F)c4)c(C4CC4)s3)c(C)c2)c1O. The summed E-state index contributed by atoms with van der Waals surface area (Å²) < 4.78 is 61.2. The van der Waals surface area contributed by atoms with E-state index in [1.165, 1.54) is 43.0 Å². The number of ether oxygens (including phenoxy) is 1. The lowest BCUT2D eigenvalue weighted by Crippen LogP contribution is -2.16. The fraction of sp³-hybridized carbons (Fsp3) is 0.240. The second-order valence-corrected chi connectivity index (χ2v) is 11.4. The molecule has 0 saturated heterocycles. The summed E-state index contributed by atoms with van der Waals surface area (Å²) in [6.07, 6.45) is 4.71. The van der Waals surface area contributed by atoms with Crippen LogP contribution in [0.3, 0.4) is 0 Å². The van der Waals surface area contributed by atoms with E-state index in [9.17, 15) is 22.3 Å². The Kier molecular flexibility index (Phi) is 6.88. The van der Waals surface area contributed by atoms with Gasteiger partial charge < -0.3 is 15.2 Å². The zero-order chi connectivity index (χ0) is 27.0. The summed E-state index contributed by atoms with van der Waals surface area (Å²) in [5.74, 6) is -1.55. The number of benzene rings is 1. The highest BCUT2D eigenvalue weighted by Crippen LogP contribution is 2.48. The van der Waals surface area contributed by atoms with E-state index in [4.69, 9.17) is 4.74 Å². The quantitative estimate of drug-likeness (QED) is 0.256. The first-order valence-corrected chi connectivity index (χ1v) is 13.9. The Balaban J connectivity index is 1.35. The van der Waals surface area contributed by atoms with Gasteiger partial charge in [0, 0.05) is 22.7 Å². The number of methoxy groups -OCH3 is 1. The number of nitrogens with one attached hydrogen (secondary N) is 2. The molecule has 5 rings (SSSR count). The van der Waals surface area contributed by atoms with E-state index >= 15 is 0 Å². The topological polar surface area (TPSA) is 126 Å². The summed E-state index contributed by atoms with van der Waals surface area (Å²) in [5, 5.41) is 13.2. The van der Waals surface area contributed by atoms with Crippen molar-refractivity contribution in [2.75, 3.05) is 17.1 Å². The molecule has 3 heterocycles. The van der Waals surface area contributed by atoms with Crippen molar-refractivity contribution < 1.29 is 27.0 Å². The number of pyridine rings is 2. The number of hydrogen-bond acceptors (Lipinski definition) is 9. The molecule has 0 radical (unpaired) electrons. The normalized spacial score (nSPS) is 13.4. The fourth-order valence-electron chi connectivity index (χ4n) is 3.91. The monoisotopic (exact) mass is 559 g/mol. The highest BCUT2D eigenvalue weighted by Gasteiger charge is 2.31. The van der Waals surface area contributed by atoms with Crippen molar-refractivity contribution in [1.82, 2.24) is 15.0 Å². The van der Waals surface area contributed by atoms with Crippen LogP contribution in [-0.2, 0) is 16.6 Å². The highest BCUT2D eigenvalue weighted by atomic mass is 32.2. The Hall–Kier alpha value is -3.84. The van der Waals surface area contributed by atoms with Gasteiger partial charge in [-0.3, -0.25) is 9.71 Å².